The van der Waals surface area contributed by atoms with E-state index in [1.54, 1.807) is 12.4 Å². The molecule has 1 aromatic rings. The van der Waals surface area contributed by atoms with Gasteiger partial charge in [-0.1, -0.05) is 0 Å². The van der Waals surface area contributed by atoms with Gasteiger partial charge in [0.15, 0.2) is 0 Å². The Morgan fingerprint density at radius 3 is 2.88 bits per heavy atom. The third-order valence-electron chi connectivity index (χ3n) is 5.89. The monoisotopic (exact) mass is 343 g/mol. The SMILES string of the molecule is O=C(C1CCOC1)N1CCCC2(CCN(Cc3ccncc3)C2=O)C1. The number of rotatable bonds is 3. The molecule has 0 aromatic carbocycles. The summed E-state index contributed by atoms with van der Waals surface area (Å²) in [5, 5.41) is 0. The summed E-state index contributed by atoms with van der Waals surface area (Å²) in [5.41, 5.74) is 0.729. The Morgan fingerprint density at radius 2 is 2.12 bits per heavy atom. The van der Waals surface area contributed by atoms with E-state index in [9.17, 15) is 9.59 Å². The van der Waals surface area contributed by atoms with Crippen LogP contribution in [0.25, 0.3) is 0 Å². The molecule has 0 bridgehead atoms. The minimum absolute atomic E-state index is 0.0143. The Kier molecular flexibility index (Phi) is 4.46. The van der Waals surface area contributed by atoms with Gasteiger partial charge in [-0.2, -0.15) is 0 Å². The lowest BCUT2D eigenvalue weighted by molar-refractivity contribution is -0.145. The molecular formula is C19H25N3O3. The number of pyridine rings is 1. The number of piperidine rings is 1. The number of ether oxygens (including phenoxy) is 1. The van der Waals surface area contributed by atoms with Crippen LogP contribution < -0.4 is 0 Å². The second-order valence-corrected chi connectivity index (χ2v) is 7.54. The van der Waals surface area contributed by atoms with E-state index in [4.69, 9.17) is 4.74 Å². The Hall–Kier alpha value is -1.95. The molecule has 4 rings (SSSR count). The first-order chi connectivity index (χ1) is 12.2. The average molecular weight is 343 g/mol. The molecule has 6 nitrogen and oxygen atoms in total. The van der Waals surface area contributed by atoms with Crippen LogP contribution in [-0.2, 0) is 20.9 Å². The molecule has 4 heterocycles. The standard InChI is InChI=1S/C19H25N3O3/c23-17(16-4-11-25-13-16)22-9-1-5-19(14-22)6-10-21(18(19)24)12-15-2-7-20-8-3-15/h2-3,7-8,16H,1,4-6,9-14H2. The molecule has 2 unspecified atom stereocenters. The zero-order chi connectivity index (χ0) is 17.3. The van der Waals surface area contributed by atoms with Crippen molar-refractivity contribution in [2.24, 2.45) is 11.3 Å². The number of likely N-dealkylation sites (tertiary alicyclic amines) is 2. The number of hydrogen-bond acceptors (Lipinski definition) is 4. The van der Waals surface area contributed by atoms with E-state index in [0.29, 0.717) is 26.3 Å². The number of amides is 2. The molecule has 1 spiro atoms. The van der Waals surface area contributed by atoms with Crippen LogP contribution in [0.4, 0.5) is 0 Å². The van der Waals surface area contributed by atoms with Crippen molar-refractivity contribution in [1.29, 1.82) is 0 Å². The first-order valence-electron chi connectivity index (χ1n) is 9.23. The minimum atomic E-state index is -0.375. The van der Waals surface area contributed by atoms with Gasteiger partial charge in [0.05, 0.1) is 17.9 Å². The van der Waals surface area contributed by atoms with Crippen molar-refractivity contribution < 1.29 is 14.3 Å². The molecule has 6 heteroatoms. The van der Waals surface area contributed by atoms with Crippen molar-refractivity contribution in [2.75, 3.05) is 32.8 Å². The lowest BCUT2D eigenvalue weighted by atomic mass is 9.78. The second kappa shape index (κ2) is 6.75. The molecule has 3 aliphatic heterocycles. The molecule has 0 N–H and O–H groups in total. The highest BCUT2D eigenvalue weighted by atomic mass is 16.5. The number of aromatic nitrogens is 1. The van der Waals surface area contributed by atoms with Crippen molar-refractivity contribution >= 4 is 11.8 Å². The predicted octanol–water partition coefficient (Wildman–Crippen LogP) is 1.46. The molecule has 3 saturated heterocycles. The Morgan fingerprint density at radius 1 is 1.28 bits per heavy atom. The highest BCUT2D eigenvalue weighted by molar-refractivity contribution is 5.87. The molecule has 25 heavy (non-hydrogen) atoms. The van der Waals surface area contributed by atoms with E-state index in [0.717, 1.165) is 44.3 Å². The Balaban J connectivity index is 1.44. The maximum Gasteiger partial charge on any atom is 0.230 e. The van der Waals surface area contributed by atoms with Crippen LogP contribution in [-0.4, -0.2) is 59.4 Å². The highest BCUT2D eigenvalue weighted by Gasteiger charge is 2.50. The Bertz CT molecular complexity index is 645. The molecule has 0 radical (unpaired) electrons. The van der Waals surface area contributed by atoms with Crippen LogP contribution in [0.3, 0.4) is 0 Å². The normalized spacial score (nSPS) is 29.6. The smallest absolute Gasteiger partial charge is 0.230 e. The van der Waals surface area contributed by atoms with Crippen LogP contribution in [0.15, 0.2) is 24.5 Å². The summed E-state index contributed by atoms with van der Waals surface area (Å²) in [5.74, 6) is 0.376. The van der Waals surface area contributed by atoms with Gasteiger partial charge in [-0.3, -0.25) is 14.6 Å². The van der Waals surface area contributed by atoms with Gasteiger partial charge in [-0.15, -0.1) is 0 Å². The molecule has 3 fully saturated rings. The molecule has 0 aliphatic carbocycles. The van der Waals surface area contributed by atoms with Gasteiger partial charge in [0.1, 0.15) is 0 Å². The summed E-state index contributed by atoms with van der Waals surface area (Å²) >= 11 is 0. The highest BCUT2D eigenvalue weighted by Crippen LogP contribution is 2.41. The van der Waals surface area contributed by atoms with Crippen molar-refractivity contribution in [2.45, 2.75) is 32.2 Å². The molecular weight excluding hydrogens is 318 g/mol. The van der Waals surface area contributed by atoms with Gasteiger partial charge < -0.3 is 14.5 Å². The van der Waals surface area contributed by atoms with Gasteiger partial charge in [-0.25, -0.2) is 0 Å². The summed E-state index contributed by atoms with van der Waals surface area (Å²) < 4.78 is 5.36. The van der Waals surface area contributed by atoms with Gasteiger partial charge in [0.25, 0.3) is 0 Å². The summed E-state index contributed by atoms with van der Waals surface area (Å²) in [4.78, 5) is 33.8. The third kappa shape index (κ3) is 3.15. The number of hydrogen-bond donors (Lipinski definition) is 0. The van der Waals surface area contributed by atoms with Gasteiger partial charge in [0, 0.05) is 45.2 Å². The Labute approximate surface area is 148 Å². The van der Waals surface area contributed by atoms with E-state index in [-0.39, 0.29) is 23.1 Å². The van der Waals surface area contributed by atoms with E-state index in [2.05, 4.69) is 4.98 Å². The number of carbonyl (C=O) groups is 2. The second-order valence-electron chi connectivity index (χ2n) is 7.54. The van der Waals surface area contributed by atoms with Gasteiger partial charge in [0.2, 0.25) is 11.8 Å². The molecule has 3 aliphatic rings. The summed E-state index contributed by atoms with van der Waals surface area (Å²) in [7, 11) is 0. The minimum Gasteiger partial charge on any atom is -0.381 e. The largest absolute Gasteiger partial charge is 0.381 e. The van der Waals surface area contributed by atoms with Gasteiger partial charge in [-0.05, 0) is 43.4 Å². The van der Waals surface area contributed by atoms with Crippen LogP contribution in [0.1, 0.15) is 31.2 Å². The maximum atomic E-state index is 13.1. The van der Waals surface area contributed by atoms with Crippen LogP contribution >= 0.6 is 0 Å². The average Bonchev–Trinajstić information content (AvgIpc) is 3.28. The van der Waals surface area contributed by atoms with Crippen molar-refractivity contribution in [1.82, 2.24) is 14.8 Å². The van der Waals surface area contributed by atoms with Crippen molar-refractivity contribution in [3.05, 3.63) is 30.1 Å². The van der Waals surface area contributed by atoms with Gasteiger partial charge >= 0.3 is 0 Å². The molecule has 0 saturated carbocycles. The number of nitrogens with zero attached hydrogens (tertiary/aromatic N) is 3. The fourth-order valence-electron chi connectivity index (χ4n) is 4.44. The molecule has 2 atom stereocenters. The maximum absolute atomic E-state index is 13.1. The van der Waals surface area contributed by atoms with E-state index in [1.807, 2.05) is 21.9 Å². The first kappa shape index (κ1) is 16.5. The predicted molar refractivity (Wildman–Crippen MR) is 91.4 cm³/mol. The lowest BCUT2D eigenvalue weighted by Crippen LogP contribution is -2.51. The summed E-state index contributed by atoms with van der Waals surface area (Å²) in [6.07, 6.45) is 6.98. The van der Waals surface area contributed by atoms with Crippen molar-refractivity contribution in [3.63, 3.8) is 0 Å². The van der Waals surface area contributed by atoms with E-state index < -0.39 is 0 Å². The molecule has 1 aromatic heterocycles. The van der Waals surface area contributed by atoms with E-state index >= 15 is 0 Å². The zero-order valence-corrected chi connectivity index (χ0v) is 14.5. The fourth-order valence-corrected chi connectivity index (χ4v) is 4.44. The van der Waals surface area contributed by atoms with Crippen LogP contribution in [0, 0.1) is 11.3 Å². The fraction of sp³-hybridized carbons (Fsp3) is 0.632. The summed E-state index contributed by atoms with van der Waals surface area (Å²) in [6, 6.07) is 3.91. The summed E-state index contributed by atoms with van der Waals surface area (Å²) in [6.45, 7) is 3.96. The van der Waals surface area contributed by atoms with Crippen LogP contribution in [0.2, 0.25) is 0 Å². The lowest BCUT2D eigenvalue weighted by Gasteiger charge is -2.40. The van der Waals surface area contributed by atoms with E-state index in [1.165, 1.54) is 0 Å². The van der Waals surface area contributed by atoms with Crippen molar-refractivity contribution in [3.8, 4) is 0 Å². The van der Waals surface area contributed by atoms with Crippen LogP contribution in [0.5, 0.6) is 0 Å². The number of carbonyl (C=O) groups excluding carboxylic acids is 2. The topological polar surface area (TPSA) is 62.7 Å². The third-order valence-corrected chi connectivity index (χ3v) is 5.89. The molecule has 2 amide bonds. The quantitative estimate of drug-likeness (QED) is 0.834. The zero-order valence-electron chi connectivity index (χ0n) is 14.5. The molecule has 134 valence electrons. The first-order valence-corrected chi connectivity index (χ1v) is 9.23.